The summed E-state index contributed by atoms with van der Waals surface area (Å²) in [5.74, 6) is -0.650. The van der Waals surface area contributed by atoms with Crippen molar-refractivity contribution in [2.24, 2.45) is 0 Å². The van der Waals surface area contributed by atoms with Gasteiger partial charge in [-0.3, -0.25) is 9.59 Å². The number of rotatable bonds is 7. The fourth-order valence-corrected chi connectivity index (χ4v) is 6.87. The summed E-state index contributed by atoms with van der Waals surface area (Å²) in [6, 6.07) is 21.0. The Labute approximate surface area is 217 Å². The van der Waals surface area contributed by atoms with Crippen molar-refractivity contribution >= 4 is 50.0 Å². The first-order chi connectivity index (χ1) is 16.8. The number of Topliss-reactive ketones (excluding diaryl/α,β-unsaturated/α-hetero) is 1. The van der Waals surface area contributed by atoms with Crippen LogP contribution >= 0.6 is 22.6 Å². The fourth-order valence-electron chi connectivity index (χ4n) is 4.55. The van der Waals surface area contributed by atoms with Crippen LogP contribution in [0.15, 0.2) is 77.7 Å². The number of benzene rings is 3. The molecular formula is C26H23IN2O5S. The van der Waals surface area contributed by atoms with E-state index in [-0.39, 0.29) is 29.7 Å². The molecule has 2 heterocycles. The average Bonchev–Trinajstić information content (AvgIpc) is 3.43. The number of amides is 1. The SMILES string of the molecule is O=C1C(=O)N(Cc2cccc(I)c2)c2ccc(S(=O)(=O)N3CCCC3COc3ccccc3)cc21. The Bertz CT molecular complexity index is 1390. The number of para-hydroxylation sites is 1. The molecule has 1 atom stereocenters. The molecule has 0 aliphatic carbocycles. The Kier molecular flexibility index (Phi) is 6.65. The largest absolute Gasteiger partial charge is 0.492 e. The van der Waals surface area contributed by atoms with Crippen LogP contribution in [0, 0.1) is 3.57 Å². The predicted molar refractivity (Wildman–Crippen MR) is 140 cm³/mol. The second-order valence-corrected chi connectivity index (χ2v) is 11.7. The minimum absolute atomic E-state index is 0.0140. The van der Waals surface area contributed by atoms with Crippen LogP contribution in [0.2, 0.25) is 0 Å². The highest BCUT2D eigenvalue weighted by Gasteiger charge is 2.40. The van der Waals surface area contributed by atoms with Gasteiger partial charge in [0.2, 0.25) is 10.0 Å². The molecule has 0 spiro atoms. The van der Waals surface area contributed by atoms with Crippen molar-refractivity contribution < 1.29 is 22.7 Å². The van der Waals surface area contributed by atoms with Gasteiger partial charge in [0.15, 0.2) is 0 Å². The van der Waals surface area contributed by atoms with E-state index in [2.05, 4.69) is 22.6 Å². The van der Waals surface area contributed by atoms with E-state index >= 15 is 0 Å². The van der Waals surface area contributed by atoms with Crippen LogP contribution in [0.4, 0.5) is 5.69 Å². The van der Waals surface area contributed by atoms with Crippen LogP contribution in [0.1, 0.15) is 28.8 Å². The first kappa shape index (κ1) is 24.0. The van der Waals surface area contributed by atoms with E-state index in [0.717, 1.165) is 15.6 Å². The second kappa shape index (κ2) is 9.71. The van der Waals surface area contributed by atoms with Gasteiger partial charge in [-0.1, -0.05) is 30.3 Å². The van der Waals surface area contributed by atoms with Crippen molar-refractivity contribution in [3.8, 4) is 5.75 Å². The van der Waals surface area contributed by atoms with Crippen molar-refractivity contribution in [1.82, 2.24) is 4.31 Å². The third-order valence-corrected chi connectivity index (χ3v) is 8.91. The molecule has 5 rings (SSSR count). The van der Waals surface area contributed by atoms with Gasteiger partial charge in [0.25, 0.3) is 11.7 Å². The van der Waals surface area contributed by atoms with Crippen molar-refractivity contribution in [2.45, 2.75) is 30.3 Å². The smallest absolute Gasteiger partial charge is 0.299 e. The number of nitrogens with zero attached hydrogens (tertiary/aromatic N) is 2. The summed E-state index contributed by atoms with van der Waals surface area (Å²) in [6.45, 7) is 0.870. The van der Waals surface area contributed by atoms with Crippen molar-refractivity contribution in [3.05, 3.63) is 87.5 Å². The molecule has 3 aromatic carbocycles. The Hall–Kier alpha value is -2.76. The van der Waals surface area contributed by atoms with Crippen LogP contribution in [0.25, 0.3) is 0 Å². The average molecular weight is 602 g/mol. The van der Waals surface area contributed by atoms with Gasteiger partial charge in [-0.15, -0.1) is 0 Å². The third kappa shape index (κ3) is 4.72. The number of halogens is 1. The first-order valence-corrected chi connectivity index (χ1v) is 13.8. The Morgan fingerprint density at radius 2 is 1.77 bits per heavy atom. The van der Waals surface area contributed by atoms with Crippen LogP contribution in [-0.2, 0) is 21.4 Å². The van der Waals surface area contributed by atoms with Gasteiger partial charge in [0.05, 0.1) is 28.7 Å². The maximum Gasteiger partial charge on any atom is 0.299 e. The van der Waals surface area contributed by atoms with Gasteiger partial charge in [-0.25, -0.2) is 8.42 Å². The fraction of sp³-hybridized carbons (Fsp3) is 0.231. The maximum absolute atomic E-state index is 13.5. The molecule has 7 nitrogen and oxygen atoms in total. The summed E-state index contributed by atoms with van der Waals surface area (Å²) in [5.41, 5.74) is 1.45. The van der Waals surface area contributed by atoms with Gasteiger partial charge in [-0.05, 0) is 83.5 Å². The molecule has 3 aromatic rings. The van der Waals surface area contributed by atoms with E-state index < -0.39 is 21.7 Å². The third-order valence-electron chi connectivity index (χ3n) is 6.29. The highest BCUT2D eigenvalue weighted by molar-refractivity contribution is 14.1. The van der Waals surface area contributed by atoms with E-state index in [0.29, 0.717) is 24.4 Å². The molecule has 1 amide bonds. The van der Waals surface area contributed by atoms with Crippen molar-refractivity contribution in [3.63, 3.8) is 0 Å². The zero-order chi connectivity index (χ0) is 24.6. The number of sulfonamides is 1. The molecule has 9 heteroatoms. The Morgan fingerprint density at radius 1 is 0.971 bits per heavy atom. The van der Waals surface area contributed by atoms with Crippen molar-refractivity contribution in [1.29, 1.82) is 0 Å². The number of fused-ring (bicyclic) bond motifs is 1. The highest BCUT2D eigenvalue weighted by Crippen LogP contribution is 2.34. The first-order valence-electron chi connectivity index (χ1n) is 11.3. The standard InChI is InChI=1S/C26H23IN2O5S/c27-19-7-4-6-18(14-19)16-28-24-12-11-22(15-23(24)25(30)26(28)31)35(32,33)29-13-5-8-20(29)17-34-21-9-2-1-3-10-21/h1-4,6-7,9-12,14-15,20H,5,8,13,16-17H2. The number of hydrogen-bond acceptors (Lipinski definition) is 5. The molecule has 2 aliphatic heterocycles. The second-order valence-electron chi connectivity index (χ2n) is 8.57. The minimum atomic E-state index is -3.87. The van der Waals surface area contributed by atoms with Gasteiger partial charge in [-0.2, -0.15) is 4.31 Å². The van der Waals surface area contributed by atoms with Crippen LogP contribution in [0.5, 0.6) is 5.75 Å². The zero-order valence-corrected chi connectivity index (χ0v) is 21.7. The lowest BCUT2D eigenvalue weighted by Gasteiger charge is -2.24. The van der Waals surface area contributed by atoms with E-state index in [9.17, 15) is 18.0 Å². The van der Waals surface area contributed by atoms with Crippen LogP contribution in [-0.4, -0.2) is 43.6 Å². The predicted octanol–water partition coefficient (Wildman–Crippen LogP) is 4.25. The molecular weight excluding hydrogens is 579 g/mol. The quantitative estimate of drug-likeness (QED) is 0.298. The highest BCUT2D eigenvalue weighted by atomic mass is 127. The normalized spacial score (nSPS) is 18.2. The number of hydrogen-bond donors (Lipinski definition) is 0. The molecule has 1 fully saturated rings. The summed E-state index contributed by atoms with van der Waals surface area (Å²) >= 11 is 2.19. The molecule has 35 heavy (non-hydrogen) atoms. The lowest BCUT2D eigenvalue weighted by molar-refractivity contribution is -0.114. The van der Waals surface area contributed by atoms with Gasteiger partial charge in [0, 0.05) is 10.1 Å². The molecule has 0 aromatic heterocycles. The summed E-state index contributed by atoms with van der Waals surface area (Å²) in [4.78, 5) is 26.9. The molecule has 180 valence electrons. The Balaban J connectivity index is 1.38. The van der Waals surface area contributed by atoms with Crippen LogP contribution < -0.4 is 9.64 Å². The van der Waals surface area contributed by atoms with Crippen LogP contribution in [0.3, 0.4) is 0 Å². The van der Waals surface area contributed by atoms with Gasteiger partial charge < -0.3 is 9.64 Å². The van der Waals surface area contributed by atoms with E-state index in [1.807, 2.05) is 54.6 Å². The number of carbonyl (C=O) groups is 2. The molecule has 1 saturated heterocycles. The number of ketones is 1. The monoisotopic (exact) mass is 602 g/mol. The maximum atomic E-state index is 13.5. The summed E-state index contributed by atoms with van der Waals surface area (Å²) < 4.78 is 35.3. The van der Waals surface area contributed by atoms with Gasteiger partial charge in [0.1, 0.15) is 12.4 Å². The topological polar surface area (TPSA) is 84.0 Å². The number of ether oxygens (including phenoxy) is 1. The van der Waals surface area contributed by atoms with Crippen molar-refractivity contribution in [2.75, 3.05) is 18.1 Å². The molecule has 2 aliphatic rings. The Morgan fingerprint density at radius 3 is 2.54 bits per heavy atom. The van der Waals surface area contributed by atoms with Gasteiger partial charge >= 0.3 is 0 Å². The molecule has 0 radical (unpaired) electrons. The lowest BCUT2D eigenvalue weighted by atomic mass is 10.1. The molecule has 0 N–H and O–H groups in total. The minimum Gasteiger partial charge on any atom is -0.492 e. The van der Waals surface area contributed by atoms with E-state index in [4.69, 9.17) is 4.74 Å². The molecule has 0 bridgehead atoms. The van der Waals surface area contributed by atoms with E-state index in [1.165, 1.54) is 21.3 Å². The summed E-state index contributed by atoms with van der Waals surface area (Å²) in [5, 5.41) is 0. The summed E-state index contributed by atoms with van der Waals surface area (Å²) in [6.07, 6.45) is 1.42. The molecule has 0 saturated carbocycles. The zero-order valence-electron chi connectivity index (χ0n) is 18.8. The number of carbonyl (C=O) groups excluding carboxylic acids is 2. The van der Waals surface area contributed by atoms with E-state index in [1.54, 1.807) is 6.07 Å². The number of anilines is 1. The summed E-state index contributed by atoms with van der Waals surface area (Å²) in [7, 11) is -3.87. The lowest BCUT2D eigenvalue weighted by Crippen LogP contribution is -2.39. The molecule has 1 unspecified atom stereocenters.